The number of nitrogens with one attached hydrogen (secondary N) is 1. The molecule has 0 spiro atoms. The minimum Gasteiger partial charge on any atom is -0.437 e. The predicted molar refractivity (Wildman–Crippen MR) is 163 cm³/mol. The van der Waals surface area contributed by atoms with Crippen LogP contribution < -0.4 is 5.32 Å². The lowest BCUT2D eigenvalue weighted by Crippen LogP contribution is -2.52. The fourth-order valence-corrected chi connectivity index (χ4v) is 17.3. The van der Waals surface area contributed by atoms with Crippen LogP contribution in [0.4, 0.5) is 0 Å². The first kappa shape index (κ1) is 39.3. The van der Waals surface area contributed by atoms with Crippen LogP contribution in [0.2, 0.25) is 57.9 Å². The molecule has 1 N–H and O–H groups in total. The van der Waals surface area contributed by atoms with E-state index in [2.05, 4.69) is 67.8 Å². The average molecular weight is 571 g/mol. The van der Waals surface area contributed by atoms with Crippen LogP contribution in [0.25, 0.3) is 0 Å². The van der Waals surface area contributed by atoms with Crippen molar-refractivity contribution in [2.75, 3.05) is 62.6 Å². The van der Waals surface area contributed by atoms with Gasteiger partial charge in [0.25, 0.3) is 0 Å². The quantitative estimate of drug-likeness (QED) is 0.126. The third-order valence-corrected chi connectivity index (χ3v) is 16.5. The van der Waals surface area contributed by atoms with Crippen LogP contribution in [-0.2, 0) is 21.5 Å². The summed E-state index contributed by atoms with van der Waals surface area (Å²) in [5, 5.41) is 2.75. The fourth-order valence-electron chi connectivity index (χ4n) is 3.09. The monoisotopic (exact) mass is 570 g/mol. The summed E-state index contributed by atoms with van der Waals surface area (Å²) in [6, 6.07) is 1.82. The number of hydrogen-bond donors (Lipinski definition) is 1. The molecule has 0 bridgehead atoms. The molecule has 0 amide bonds. The molecule has 0 saturated heterocycles. The van der Waals surface area contributed by atoms with Gasteiger partial charge in [0, 0.05) is 54.6 Å². The van der Waals surface area contributed by atoms with Gasteiger partial charge in [0.15, 0.2) is 16.6 Å². The zero-order valence-electron chi connectivity index (χ0n) is 25.4. The molecule has 0 rings (SSSR count). The van der Waals surface area contributed by atoms with Crippen molar-refractivity contribution in [1.82, 2.24) is 10.2 Å². The van der Waals surface area contributed by atoms with Crippen molar-refractivity contribution in [3.63, 3.8) is 0 Å². The van der Waals surface area contributed by atoms with Crippen molar-refractivity contribution in [1.29, 1.82) is 0 Å². The Morgan fingerprint density at radius 1 is 0.771 bits per heavy atom. The molecule has 0 aliphatic rings. The summed E-state index contributed by atoms with van der Waals surface area (Å²) in [4.78, 5) is 10.1. The van der Waals surface area contributed by atoms with Gasteiger partial charge in [-0.25, -0.2) is 0 Å². The van der Waals surface area contributed by atoms with Crippen molar-refractivity contribution < 1.29 is 21.5 Å². The molecule has 0 aliphatic heterocycles. The van der Waals surface area contributed by atoms with Crippen LogP contribution in [0.3, 0.4) is 0 Å². The summed E-state index contributed by atoms with van der Waals surface area (Å²) in [7, 11) is 5.03. The van der Waals surface area contributed by atoms with Gasteiger partial charge >= 0.3 is 17.4 Å². The molecule has 0 fully saturated rings. The summed E-state index contributed by atoms with van der Waals surface area (Å²) in [6.45, 7) is 20.7. The highest BCUT2D eigenvalue weighted by atomic mass is 28.5. The van der Waals surface area contributed by atoms with E-state index in [0.717, 1.165) is 38.0 Å². The maximum Gasteiger partial charge on any atom is 0.500 e. The van der Waals surface area contributed by atoms with Gasteiger partial charge < -0.3 is 36.7 Å². The van der Waals surface area contributed by atoms with E-state index in [1.807, 2.05) is 39.4 Å². The molecule has 0 heterocycles. The summed E-state index contributed by atoms with van der Waals surface area (Å²) in [5.74, 6) is 0. The van der Waals surface area contributed by atoms with Crippen LogP contribution in [0.15, 0.2) is 9.98 Å². The van der Waals surface area contributed by atoms with Crippen LogP contribution in [-0.4, -0.2) is 115 Å². The smallest absolute Gasteiger partial charge is 0.437 e. The lowest BCUT2D eigenvalue weighted by atomic mass is 10.5. The Labute approximate surface area is 221 Å². The Kier molecular flexibility index (Phi) is 23.3. The van der Waals surface area contributed by atoms with E-state index >= 15 is 0 Å². The summed E-state index contributed by atoms with van der Waals surface area (Å²) in [6.07, 6.45) is 3.81. The third-order valence-electron chi connectivity index (χ3n) is 4.01. The van der Waals surface area contributed by atoms with Crippen molar-refractivity contribution in [2.24, 2.45) is 9.98 Å². The first-order valence-electron chi connectivity index (χ1n) is 12.2. The first-order valence-corrected chi connectivity index (χ1v) is 23.5. The molecule has 0 unspecified atom stereocenters. The van der Waals surface area contributed by atoms with E-state index in [9.17, 15) is 0 Å². The largest absolute Gasteiger partial charge is 0.500 e. The molecular formula is C22H58N4O5Si4. The van der Waals surface area contributed by atoms with Crippen LogP contribution >= 0.6 is 0 Å². The lowest BCUT2D eigenvalue weighted by molar-refractivity contribution is 0.123. The van der Waals surface area contributed by atoms with E-state index in [1.54, 1.807) is 21.3 Å². The molecule has 212 valence electrons. The Bertz CT molecular complexity index is 517. The molecule has 9 nitrogen and oxygen atoms in total. The average Bonchev–Trinajstić information content (AvgIpc) is 2.69. The number of rotatable bonds is 16. The second-order valence-corrected chi connectivity index (χ2v) is 26.4. The maximum atomic E-state index is 6.46. The first-order chi connectivity index (χ1) is 16.0. The van der Waals surface area contributed by atoms with E-state index < -0.39 is 34.0 Å². The molecule has 35 heavy (non-hydrogen) atoms. The zero-order valence-corrected chi connectivity index (χ0v) is 29.4. The fraction of sp³-hybridized carbons (Fsp3) is 0.909. The molecule has 0 aromatic carbocycles. The van der Waals surface area contributed by atoms with E-state index in [4.69, 9.17) is 21.5 Å². The summed E-state index contributed by atoms with van der Waals surface area (Å²) in [5.41, 5.74) is 0. The highest BCUT2D eigenvalue weighted by molar-refractivity contribution is 6.87. The molecule has 0 atom stereocenters. The standard InChI is InChI=1S/C13H34N2O2Si3.C7H17NO3Si.C2H7N/c1-15(2)13-14-11-10-12-20(9,16-18(3,4)5)17-19(6,7)8;1-8-6-5-7-12(9-2,10-3)11-4;1-3-2/h13H,10-12H2,1-9H3;1,5-7H2,2-4H3;3H,1-2H3. The highest BCUT2D eigenvalue weighted by Gasteiger charge is 2.39. The molecule has 0 saturated carbocycles. The molecule has 13 heteroatoms. The van der Waals surface area contributed by atoms with Gasteiger partial charge in [0.05, 0.1) is 6.34 Å². The highest BCUT2D eigenvalue weighted by Crippen LogP contribution is 2.25. The third kappa shape index (κ3) is 26.6. The van der Waals surface area contributed by atoms with Gasteiger partial charge in [0.1, 0.15) is 0 Å². The second kappa shape index (κ2) is 20.8. The molecule has 0 aromatic heterocycles. The Morgan fingerprint density at radius 3 is 1.49 bits per heavy atom. The zero-order chi connectivity index (χ0) is 28.2. The summed E-state index contributed by atoms with van der Waals surface area (Å²) < 4.78 is 28.6. The van der Waals surface area contributed by atoms with Gasteiger partial charge in [-0.3, -0.25) is 4.99 Å². The van der Waals surface area contributed by atoms with Crippen LogP contribution in [0.5, 0.6) is 0 Å². The van der Waals surface area contributed by atoms with Crippen molar-refractivity contribution in [2.45, 2.75) is 70.8 Å². The van der Waals surface area contributed by atoms with Gasteiger partial charge in [-0.1, -0.05) is 0 Å². The minimum absolute atomic E-state index is 0.727. The van der Waals surface area contributed by atoms with E-state index in [0.29, 0.717) is 0 Å². The normalized spacial score (nSPS) is 12.5. The Balaban J connectivity index is -0.000000578. The molecule has 0 aliphatic carbocycles. The van der Waals surface area contributed by atoms with Crippen molar-refractivity contribution >= 4 is 47.1 Å². The van der Waals surface area contributed by atoms with Crippen LogP contribution in [0.1, 0.15) is 12.8 Å². The Hall–Kier alpha value is -0.232. The van der Waals surface area contributed by atoms with Gasteiger partial charge in [-0.05, 0) is 85.5 Å². The second-order valence-electron chi connectivity index (χ2n) is 10.5. The van der Waals surface area contributed by atoms with Gasteiger partial charge in [-0.15, -0.1) is 0 Å². The van der Waals surface area contributed by atoms with Crippen molar-refractivity contribution in [3.05, 3.63) is 0 Å². The minimum atomic E-state index is -2.34. The summed E-state index contributed by atoms with van der Waals surface area (Å²) >= 11 is 0. The lowest BCUT2D eigenvalue weighted by Gasteiger charge is -2.38. The SMILES string of the molecule is C=NCCC[Si](OC)(OC)OC.CN(C)C=NCCC[Si](C)(O[Si](C)(C)C)O[Si](C)(C)C.CNC. The molecular weight excluding hydrogens is 513 g/mol. The topological polar surface area (TPSA) is 86.1 Å². The van der Waals surface area contributed by atoms with E-state index in [-0.39, 0.29) is 0 Å². The van der Waals surface area contributed by atoms with E-state index in [1.165, 1.54) is 0 Å². The van der Waals surface area contributed by atoms with Crippen LogP contribution in [0, 0.1) is 0 Å². The van der Waals surface area contributed by atoms with Crippen molar-refractivity contribution in [3.8, 4) is 0 Å². The van der Waals surface area contributed by atoms with Gasteiger partial charge in [-0.2, -0.15) is 0 Å². The predicted octanol–water partition coefficient (Wildman–Crippen LogP) is 4.53. The maximum absolute atomic E-state index is 6.46. The van der Waals surface area contributed by atoms with Gasteiger partial charge in [0.2, 0.25) is 0 Å². The molecule has 0 radical (unpaired) electrons. The number of nitrogens with zero attached hydrogens (tertiary/aromatic N) is 3. The number of hydrogen-bond acceptors (Lipinski definition) is 8. The number of aliphatic imine (C=N–C) groups is 2. The Morgan fingerprint density at radius 2 is 1.17 bits per heavy atom. The molecule has 0 aromatic rings.